The molecule has 1 aromatic heterocycles. The van der Waals surface area contributed by atoms with Crippen LogP contribution in [0.1, 0.15) is 17.3 Å². The Kier molecular flexibility index (Phi) is 6.13. The summed E-state index contributed by atoms with van der Waals surface area (Å²) in [6.07, 6.45) is 3.97. The minimum absolute atomic E-state index is 0.250. The minimum atomic E-state index is 0.250. The fourth-order valence-corrected chi connectivity index (χ4v) is 0.442. The van der Waals surface area contributed by atoms with E-state index in [4.69, 9.17) is 5.11 Å². The molecule has 0 unspecified atom stereocenters. The molecule has 0 aliphatic carbocycles. The van der Waals surface area contributed by atoms with Gasteiger partial charge in [0.2, 0.25) is 0 Å². The van der Waals surface area contributed by atoms with Crippen LogP contribution in [0.3, 0.4) is 0 Å². The number of carbonyl (C=O) groups is 1. The predicted molar refractivity (Wildman–Crippen MR) is 42.4 cm³/mol. The topological polar surface area (TPSA) is 50.2 Å². The Hall–Kier alpha value is -1.22. The van der Waals surface area contributed by atoms with Crippen LogP contribution in [0.15, 0.2) is 24.5 Å². The van der Waals surface area contributed by atoms with Gasteiger partial charge in [0, 0.05) is 24.6 Å². The Morgan fingerprint density at radius 2 is 2.00 bits per heavy atom. The van der Waals surface area contributed by atoms with E-state index in [9.17, 15) is 4.79 Å². The summed E-state index contributed by atoms with van der Waals surface area (Å²) in [5.41, 5.74) is 0.667. The van der Waals surface area contributed by atoms with Crippen LogP contribution in [0.5, 0.6) is 0 Å². The van der Waals surface area contributed by atoms with Crippen LogP contribution in [0.4, 0.5) is 0 Å². The molecule has 3 nitrogen and oxygen atoms in total. The van der Waals surface area contributed by atoms with Gasteiger partial charge in [-0.05, 0) is 19.1 Å². The van der Waals surface area contributed by atoms with Crippen LogP contribution in [-0.2, 0) is 0 Å². The van der Waals surface area contributed by atoms with Gasteiger partial charge in [-0.15, -0.1) is 0 Å². The molecule has 0 fully saturated rings. The van der Waals surface area contributed by atoms with E-state index >= 15 is 0 Å². The van der Waals surface area contributed by atoms with E-state index in [0.717, 1.165) is 6.29 Å². The molecular formula is C8H11NO2. The van der Waals surface area contributed by atoms with E-state index in [1.165, 1.54) is 0 Å². The van der Waals surface area contributed by atoms with Gasteiger partial charge < -0.3 is 5.11 Å². The molecule has 1 N–H and O–H groups in total. The standard InChI is InChI=1S/C6H5NO.C2H6O/c8-5-6-1-3-7-4-2-6;1-2-3/h1-5H;3H,2H2,1H3. The lowest BCUT2D eigenvalue weighted by Gasteiger charge is -1.81. The first-order chi connectivity index (χ1) is 5.35. The molecule has 60 valence electrons. The Balaban J connectivity index is 0.000000292. The predicted octanol–water partition coefficient (Wildman–Crippen LogP) is 0.893. The van der Waals surface area contributed by atoms with Crippen LogP contribution in [-0.4, -0.2) is 23.0 Å². The molecule has 0 saturated carbocycles. The lowest BCUT2D eigenvalue weighted by molar-refractivity contribution is 0.112. The van der Waals surface area contributed by atoms with Gasteiger partial charge in [0.15, 0.2) is 0 Å². The molecule has 1 aromatic rings. The highest BCUT2D eigenvalue weighted by atomic mass is 16.2. The molecule has 0 aliphatic heterocycles. The van der Waals surface area contributed by atoms with E-state index in [1.807, 2.05) is 0 Å². The van der Waals surface area contributed by atoms with E-state index < -0.39 is 0 Å². The number of aldehydes is 1. The molecule has 0 aromatic carbocycles. The summed E-state index contributed by atoms with van der Waals surface area (Å²) in [7, 11) is 0. The third kappa shape index (κ3) is 5.24. The van der Waals surface area contributed by atoms with Gasteiger partial charge in [-0.3, -0.25) is 9.78 Å². The minimum Gasteiger partial charge on any atom is -0.397 e. The lowest BCUT2D eigenvalue weighted by atomic mass is 10.3. The van der Waals surface area contributed by atoms with Gasteiger partial charge in [-0.2, -0.15) is 0 Å². The highest BCUT2D eigenvalue weighted by Crippen LogP contribution is 1.88. The number of nitrogens with zero attached hydrogens (tertiary/aromatic N) is 1. The van der Waals surface area contributed by atoms with Crippen molar-refractivity contribution in [2.45, 2.75) is 6.92 Å². The molecule has 1 heterocycles. The maximum Gasteiger partial charge on any atom is 0.150 e. The first-order valence-corrected chi connectivity index (χ1v) is 3.31. The zero-order valence-corrected chi connectivity index (χ0v) is 6.40. The zero-order chi connectivity index (χ0) is 8.53. The quantitative estimate of drug-likeness (QED) is 0.609. The van der Waals surface area contributed by atoms with Gasteiger partial charge in [0.05, 0.1) is 0 Å². The molecule has 0 spiro atoms. The molecule has 3 heteroatoms. The van der Waals surface area contributed by atoms with Crippen molar-refractivity contribution < 1.29 is 9.90 Å². The largest absolute Gasteiger partial charge is 0.397 e. The third-order valence-corrected chi connectivity index (χ3v) is 0.842. The second kappa shape index (κ2) is 6.89. The number of aliphatic hydroxyl groups is 1. The summed E-state index contributed by atoms with van der Waals surface area (Å²) in [6.45, 7) is 1.93. The van der Waals surface area contributed by atoms with E-state index in [0.29, 0.717) is 5.56 Å². The second-order valence-electron chi connectivity index (χ2n) is 1.71. The molecule has 0 amide bonds. The maximum atomic E-state index is 9.98. The van der Waals surface area contributed by atoms with Gasteiger partial charge in [0.25, 0.3) is 0 Å². The van der Waals surface area contributed by atoms with Crippen molar-refractivity contribution >= 4 is 6.29 Å². The molecule has 11 heavy (non-hydrogen) atoms. The van der Waals surface area contributed by atoms with Crippen LogP contribution in [0, 0.1) is 0 Å². The van der Waals surface area contributed by atoms with Crippen LogP contribution >= 0.6 is 0 Å². The lowest BCUT2D eigenvalue weighted by Crippen LogP contribution is -1.76. The average Bonchev–Trinajstić information content (AvgIpc) is 2.08. The Morgan fingerprint density at radius 1 is 1.55 bits per heavy atom. The average molecular weight is 153 g/mol. The van der Waals surface area contributed by atoms with Crippen molar-refractivity contribution in [2.24, 2.45) is 0 Å². The molecule has 0 radical (unpaired) electrons. The highest BCUT2D eigenvalue weighted by Gasteiger charge is 1.80. The van der Waals surface area contributed by atoms with Crippen molar-refractivity contribution in [3.05, 3.63) is 30.1 Å². The zero-order valence-electron chi connectivity index (χ0n) is 6.40. The van der Waals surface area contributed by atoms with E-state index in [2.05, 4.69) is 4.98 Å². The maximum absolute atomic E-state index is 9.98. The summed E-state index contributed by atoms with van der Waals surface area (Å²) in [5.74, 6) is 0. The van der Waals surface area contributed by atoms with E-state index in [1.54, 1.807) is 31.5 Å². The van der Waals surface area contributed by atoms with E-state index in [-0.39, 0.29) is 6.61 Å². The number of rotatable bonds is 1. The number of pyridine rings is 1. The molecule has 0 saturated heterocycles. The van der Waals surface area contributed by atoms with Crippen LogP contribution in [0.25, 0.3) is 0 Å². The Bertz CT molecular complexity index is 187. The highest BCUT2D eigenvalue weighted by molar-refractivity contribution is 5.73. The molecule has 0 atom stereocenters. The fourth-order valence-electron chi connectivity index (χ4n) is 0.442. The number of carbonyl (C=O) groups excluding carboxylic acids is 1. The molecular weight excluding hydrogens is 142 g/mol. The summed E-state index contributed by atoms with van der Waals surface area (Å²) in [6, 6.07) is 3.32. The first-order valence-electron chi connectivity index (χ1n) is 3.31. The van der Waals surface area contributed by atoms with Crippen molar-refractivity contribution in [1.82, 2.24) is 4.98 Å². The van der Waals surface area contributed by atoms with Crippen molar-refractivity contribution in [3.63, 3.8) is 0 Å². The number of hydrogen-bond acceptors (Lipinski definition) is 3. The van der Waals surface area contributed by atoms with Gasteiger partial charge in [0.1, 0.15) is 6.29 Å². The van der Waals surface area contributed by atoms with Crippen molar-refractivity contribution in [2.75, 3.05) is 6.61 Å². The third-order valence-electron chi connectivity index (χ3n) is 0.842. The molecule has 1 rings (SSSR count). The van der Waals surface area contributed by atoms with Crippen molar-refractivity contribution in [1.29, 1.82) is 0 Å². The molecule has 0 bridgehead atoms. The summed E-state index contributed by atoms with van der Waals surface area (Å²) >= 11 is 0. The first kappa shape index (κ1) is 9.78. The number of aromatic nitrogens is 1. The van der Waals surface area contributed by atoms with Gasteiger partial charge >= 0.3 is 0 Å². The fraction of sp³-hybridized carbons (Fsp3) is 0.250. The van der Waals surface area contributed by atoms with Gasteiger partial charge in [-0.1, -0.05) is 0 Å². The summed E-state index contributed by atoms with van der Waals surface area (Å²) in [5, 5.41) is 7.57. The van der Waals surface area contributed by atoms with Crippen LogP contribution < -0.4 is 0 Å². The SMILES string of the molecule is CCO.O=Cc1ccncc1. The molecule has 0 aliphatic rings. The summed E-state index contributed by atoms with van der Waals surface area (Å²) < 4.78 is 0. The Morgan fingerprint density at radius 3 is 2.27 bits per heavy atom. The summed E-state index contributed by atoms with van der Waals surface area (Å²) in [4.78, 5) is 13.7. The van der Waals surface area contributed by atoms with Crippen LogP contribution in [0.2, 0.25) is 0 Å². The number of aliphatic hydroxyl groups excluding tert-OH is 1. The Labute approximate surface area is 65.7 Å². The van der Waals surface area contributed by atoms with Gasteiger partial charge in [-0.25, -0.2) is 0 Å². The normalized spacial score (nSPS) is 7.82. The van der Waals surface area contributed by atoms with Crippen molar-refractivity contribution in [3.8, 4) is 0 Å². The smallest absolute Gasteiger partial charge is 0.150 e. The number of hydrogen-bond donors (Lipinski definition) is 1. The second-order valence-corrected chi connectivity index (χ2v) is 1.71. The monoisotopic (exact) mass is 153 g/mol.